The first-order valence-corrected chi connectivity index (χ1v) is 10.9. The molecule has 0 aliphatic rings. The zero-order valence-corrected chi connectivity index (χ0v) is 18.4. The number of carbonyl (C=O) groups is 1. The summed E-state index contributed by atoms with van der Waals surface area (Å²) in [7, 11) is -1.61. The fourth-order valence-electron chi connectivity index (χ4n) is 2.92. The van der Waals surface area contributed by atoms with Gasteiger partial charge in [-0.3, -0.25) is 4.79 Å². The van der Waals surface area contributed by atoms with Crippen molar-refractivity contribution in [1.82, 2.24) is 0 Å². The highest BCUT2D eigenvalue weighted by molar-refractivity contribution is 7.82. The SMILES string of the molecule is NS(=O)c1ccc(CC(=O)Nc2cc(Cl)c(-c3ccccc3OC(F)(F)F)c(Cl)c2)cc1. The molecule has 1 unspecified atom stereocenters. The predicted octanol–water partition coefficient (Wildman–Crippen LogP) is 5.72. The van der Waals surface area contributed by atoms with Gasteiger partial charge >= 0.3 is 6.36 Å². The lowest BCUT2D eigenvalue weighted by molar-refractivity contribution is -0.274. The molecule has 0 fully saturated rings. The van der Waals surface area contributed by atoms with Crippen LogP contribution in [0.4, 0.5) is 18.9 Å². The third kappa shape index (κ3) is 6.23. The molecule has 3 rings (SSSR count). The maximum absolute atomic E-state index is 12.7. The summed E-state index contributed by atoms with van der Waals surface area (Å²) in [5.41, 5.74) is 1.11. The Morgan fingerprint density at radius 1 is 1.03 bits per heavy atom. The molecule has 0 radical (unpaired) electrons. The van der Waals surface area contributed by atoms with Gasteiger partial charge in [-0.15, -0.1) is 13.2 Å². The van der Waals surface area contributed by atoms with Gasteiger partial charge in [0.1, 0.15) is 16.7 Å². The Hall–Kier alpha value is -2.59. The minimum atomic E-state index is -4.89. The second-order valence-electron chi connectivity index (χ2n) is 6.53. The molecular formula is C21H15Cl2F3N2O3S. The molecule has 0 saturated carbocycles. The highest BCUT2D eigenvalue weighted by Crippen LogP contribution is 2.42. The molecule has 3 aromatic rings. The fraction of sp³-hybridized carbons (Fsp3) is 0.0952. The van der Waals surface area contributed by atoms with Crippen LogP contribution in [0, 0.1) is 0 Å². The van der Waals surface area contributed by atoms with Crippen molar-refractivity contribution in [2.75, 3.05) is 5.32 Å². The van der Waals surface area contributed by atoms with Crippen molar-refractivity contribution in [2.24, 2.45) is 5.14 Å². The van der Waals surface area contributed by atoms with Crippen LogP contribution >= 0.6 is 23.2 Å². The standard InChI is InChI=1S/C21H15Cl2F3N2O3S/c22-16-10-13(28-19(29)9-12-5-7-14(8-6-12)32(27)30)11-17(23)20(16)15-3-1-2-4-18(15)31-21(24,25)26/h1-8,10-11H,9,27H2,(H,28,29). The molecule has 0 aromatic heterocycles. The van der Waals surface area contributed by atoms with Gasteiger partial charge in [-0.05, 0) is 35.9 Å². The van der Waals surface area contributed by atoms with Gasteiger partial charge in [0.2, 0.25) is 5.91 Å². The molecule has 0 aliphatic heterocycles. The number of amides is 1. The Bertz CT molecular complexity index is 1150. The minimum absolute atomic E-state index is 0.0106. The highest BCUT2D eigenvalue weighted by atomic mass is 35.5. The summed E-state index contributed by atoms with van der Waals surface area (Å²) in [5.74, 6) is -0.838. The maximum atomic E-state index is 12.7. The average molecular weight is 503 g/mol. The molecule has 11 heteroatoms. The van der Waals surface area contributed by atoms with Crippen LogP contribution in [0.3, 0.4) is 0 Å². The lowest BCUT2D eigenvalue weighted by Crippen LogP contribution is -2.17. The number of nitrogens with one attached hydrogen (secondary N) is 1. The summed E-state index contributed by atoms with van der Waals surface area (Å²) in [6, 6.07) is 14.6. The van der Waals surface area contributed by atoms with Crippen molar-refractivity contribution in [1.29, 1.82) is 0 Å². The van der Waals surface area contributed by atoms with Crippen LogP contribution in [0.15, 0.2) is 65.6 Å². The van der Waals surface area contributed by atoms with Crippen LogP contribution in [-0.2, 0) is 22.2 Å². The predicted molar refractivity (Wildman–Crippen MR) is 118 cm³/mol. The Kier molecular flexibility index (Phi) is 7.45. The Morgan fingerprint density at radius 3 is 2.19 bits per heavy atom. The van der Waals surface area contributed by atoms with E-state index in [0.717, 1.165) is 6.07 Å². The van der Waals surface area contributed by atoms with Gasteiger partial charge < -0.3 is 10.1 Å². The van der Waals surface area contributed by atoms with Gasteiger partial charge in [0.25, 0.3) is 0 Å². The number of rotatable bonds is 6. The fourth-order valence-corrected chi connectivity index (χ4v) is 4.02. The van der Waals surface area contributed by atoms with E-state index in [1.165, 1.54) is 30.3 Å². The molecule has 3 N–H and O–H groups in total. The quantitative estimate of drug-likeness (QED) is 0.452. The van der Waals surface area contributed by atoms with Crippen LogP contribution in [0.1, 0.15) is 5.56 Å². The summed E-state index contributed by atoms with van der Waals surface area (Å²) in [6.07, 6.45) is -4.88. The number of alkyl halides is 3. The second kappa shape index (κ2) is 9.91. The molecular weight excluding hydrogens is 488 g/mol. The Labute approximate surface area is 193 Å². The molecule has 3 aromatic carbocycles. The topological polar surface area (TPSA) is 81.4 Å². The van der Waals surface area contributed by atoms with Gasteiger partial charge in [0, 0.05) is 16.8 Å². The van der Waals surface area contributed by atoms with Gasteiger partial charge in [-0.2, -0.15) is 0 Å². The van der Waals surface area contributed by atoms with Crippen LogP contribution < -0.4 is 15.2 Å². The van der Waals surface area contributed by atoms with E-state index in [4.69, 9.17) is 28.3 Å². The number of hydrogen-bond donors (Lipinski definition) is 2. The van der Waals surface area contributed by atoms with E-state index in [2.05, 4.69) is 10.1 Å². The molecule has 0 saturated heterocycles. The van der Waals surface area contributed by atoms with E-state index in [1.807, 2.05) is 0 Å². The minimum Gasteiger partial charge on any atom is -0.405 e. The van der Waals surface area contributed by atoms with Crippen molar-refractivity contribution >= 4 is 45.8 Å². The summed E-state index contributed by atoms with van der Waals surface area (Å²) in [4.78, 5) is 12.8. The molecule has 1 atom stereocenters. The van der Waals surface area contributed by atoms with Crippen molar-refractivity contribution < 1.29 is 26.9 Å². The monoisotopic (exact) mass is 502 g/mol. The molecule has 32 heavy (non-hydrogen) atoms. The second-order valence-corrected chi connectivity index (χ2v) is 8.41. The molecule has 5 nitrogen and oxygen atoms in total. The lowest BCUT2D eigenvalue weighted by atomic mass is 10.0. The van der Waals surface area contributed by atoms with E-state index in [0.29, 0.717) is 10.5 Å². The zero-order chi connectivity index (χ0) is 23.5. The lowest BCUT2D eigenvalue weighted by Gasteiger charge is -2.16. The number of halogens is 5. The molecule has 168 valence electrons. The summed E-state index contributed by atoms with van der Waals surface area (Å²) < 4.78 is 53.5. The Morgan fingerprint density at radius 2 is 1.62 bits per heavy atom. The zero-order valence-electron chi connectivity index (χ0n) is 16.1. The first kappa shape index (κ1) is 24.1. The third-order valence-electron chi connectivity index (χ3n) is 4.23. The normalized spacial score (nSPS) is 12.3. The number of nitrogens with two attached hydrogens (primary N) is 1. The van der Waals surface area contributed by atoms with E-state index >= 15 is 0 Å². The van der Waals surface area contributed by atoms with Crippen LogP contribution in [0.2, 0.25) is 10.0 Å². The molecule has 0 heterocycles. The van der Waals surface area contributed by atoms with Crippen LogP contribution in [-0.4, -0.2) is 16.5 Å². The average Bonchev–Trinajstić information content (AvgIpc) is 2.68. The van der Waals surface area contributed by atoms with Crippen LogP contribution in [0.25, 0.3) is 11.1 Å². The van der Waals surface area contributed by atoms with E-state index < -0.39 is 23.1 Å². The van der Waals surface area contributed by atoms with Crippen LogP contribution in [0.5, 0.6) is 5.75 Å². The van der Waals surface area contributed by atoms with Gasteiger partial charge in [-0.1, -0.05) is 53.5 Å². The Balaban J connectivity index is 1.81. The van der Waals surface area contributed by atoms with Crippen molar-refractivity contribution in [3.8, 4) is 16.9 Å². The van der Waals surface area contributed by atoms with Gasteiger partial charge in [0.05, 0.1) is 21.4 Å². The molecule has 1 amide bonds. The highest BCUT2D eigenvalue weighted by Gasteiger charge is 2.32. The summed E-state index contributed by atoms with van der Waals surface area (Å²) in [5, 5.41) is 7.99. The third-order valence-corrected chi connectivity index (χ3v) is 5.56. The van der Waals surface area contributed by atoms with E-state index in [9.17, 15) is 22.2 Å². The molecule has 0 bridgehead atoms. The number of anilines is 1. The number of para-hydroxylation sites is 1. The first-order chi connectivity index (χ1) is 15.0. The van der Waals surface area contributed by atoms with Crippen molar-refractivity contribution in [3.05, 3.63) is 76.3 Å². The van der Waals surface area contributed by atoms with Crippen molar-refractivity contribution in [2.45, 2.75) is 17.7 Å². The van der Waals surface area contributed by atoms with Gasteiger partial charge in [0.15, 0.2) is 0 Å². The summed E-state index contributed by atoms with van der Waals surface area (Å²) in [6.45, 7) is 0. The molecule has 0 spiro atoms. The number of ether oxygens (including phenoxy) is 1. The summed E-state index contributed by atoms with van der Waals surface area (Å²) >= 11 is 12.6. The van der Waals surface area contributed by atoms with E-state index in [1.54, 1.807) is 24.3 Å². The number of benzene rings is 3. The molecule has 0 aliphatic carbocycles. The maximum Gasteiger partial charge on any atom is 0.573 e. The van der Waals surface area contributed by atoms with E-state index in [-0.39, 0.29) is 39.2 Å². The number of hydrogen-bond acceptors (Lipinski definition) is 3. The smallest absolute Gasteiger partial charge is 0.405 e. The first-order valence-electron chi connectivity index (χ1n) is 8.92. The van der Waals surface area contributed by atoms with Crippen molar-refractivity contribution in [3.63, 3.8) is 0 Å². The van der Waals surface area contributed by atoms with Gasteiger partial charge in [-0.25, -0.2) is 9.35 Å². The number of carbonyl (C=O) groups excluding carboxylic acids is 1. The largest absolute Gasteiger partial charge is 0.573 e.